The molecule has 1 saturated carbocycles. The Bertz CT molecular complexity index is 723. The van der Waals surface area contributed by atoms with Crippen LogP contribution in [0.4, 0.5) is 4.79 Å². The summed E-state index contributed by atoms with van der Waals surface area (Å²) in [4.78, 5) is 39.0. The van der Waals surface area contributed by atoms with Gasteiger partial charge in [0.25, 0.3) is 5.91 Å². The van der Waals surface area contributed by atoms with Crippen LogP contribution < -0.4 is 10.6 Å². The van der Waals surface area contributed by atoms with Crippen molar-refractivity contribution in [1.29, 1.82) is 0 Å². The molecule has 1 aromatic carbocycles. The van der Waals surface area contributed by atoms with Crippen LogP contribution in [-0.2, 0) is 9.59 Å². The van der Waals surface area contributed by atoms with Crippen molar-refractivity contribution in [2.24, 2.45) is 0 Å². The van der Waals surface area contributed by atoms with Gasteiger partial charge in [-0.1, -0.05) is 56.4 Å². The van der Waals surface area contributed by atoms with Crippen LogP contribution in [0.15, 0.2) is 24.3 Å². The van der Waals surface area contributed by atoms with E-state index in [9.17, 15) is 14.4 Å². The van der Waals surface area contributed by atoms with E-state index in [1.165, 1.54) is 6.42 Å². The maximum atomic E-state index is 13.0. The minimum Gasteiger partial charge on any atom is -0.348 e. The second-order valence-corrected chi connectivity index (χ2v) is 7.82. The molecule has 1 atom stereocenters. The molecule has 0 bridgehead atoms. The number of nitrogens with one attached hydrogen (secondary N) is 2. The molecule has 1 aliphatic heterocycles. The monoisotopic (exact) mass is 371 g/mol. The lowest BCUT2D eigenvalue weighted by Crippen LogP contribution is -2.48. The summed E-state index contributed by atoms with van der Waals surface area (Å²) in [6.07, 6.45) is 6.52. The van der Waals surface area contributed by atoms with Crippen molar-refractivity contribution in [2.45, 2.75) is 70.4 Å². The molecule has 1 aliphatic carbocycles. The predicted octanol–water partition coefficient (Wildman–Crippen LogP) is 3.21. The Kier molecular flexibility index (Phi) is 5.82. The third kappa shape index (κ3) is 4.15. The van der Waals surface area contributed by atoms with Gasteiger partial charge in [-0.15, -0.1) is 0 Å². The summed E-state index contributed by atoms with van der Waals surface area (Å²) >= 11 is 0. The summed E-state index contributed by atoms with van der Waals surface area (Å²) in [6, 6.07) is 7.22. The molecule has 27 heavy (non-hydrogen) atoms. The second kappa shape index (κ2) is 8.11. The van der Waals surface area contributed by atoms with Crippen LogP contribution in [0.25, 0.3) is 0 Å². The maximum Gasteiger partial charge on any atom is 0.325 e. The van der Waals surface area contributed by atoms with E-state index in [1.54, 1.807) is 0 Å². The largest absolute Gasteiger partial charge is 0.348 e. The highest BCUT2D eigenvalue weighted by atomic mass is 16.2. The van der Waals surface area contributed by atoms with Crippen LogP contribution in [0.5, 0.6) is 0 Å². The lowest BCUT2D eigenvalue weighted by atomic mass is 9.84. The number of rotatable bonds is 4. The summed E-state index contributed by atoms with van der Waals surface area (Å²) in [6.45, 7) is 3.67. The van der Waals surface area contributed by atoms with E-state index in [4.69, 9.17) is 0 Å². The first-order valence-corrected chi connectivity index (χ1v) is 9.92. The highest BCUT2D eigenvalue weighted by Crippen LogP contribution is 2.32. The maximum absolute atomic E-state index is 13.0. The number of aryl methyl sites for hydroxylation is 1. The Morgan fingerprint density at radius 1 is 1.15 bits per heavy atom. The normalized spacial score (nSPS) is 20.7. The van der Waals surface area contributed by atoms with Gasteiger partial charge in [-0.3, -0.25) is 14.5 Å². The molecular formula is C21H29N3O3. The number of hydrogen-bond acceptors (Lipinski definition) is 3. The van der Waals surface area contributed by atoms with E-state index in [2.05, 4.69) is 10.6 Å². The van der Waals surface area contributed by atoms with Crippen LogP contribution >= 0.6 is 0 Å². The second-order valence-electron chi connectivity index (χ2n) is 7.82. The van der Waals surface area contributed by atoms with E-state index in [0.717, 1.165) is 41.7 Å². The number of nitrogens with zero attached hydrogens (tertiary/aromatic N) is 1. The molecule has 2 aliphatic rings. The summed E-state index contributed by atoms with van der Waals surface area (Å²) in [5, 5.41) is 5.80. The van der Waals surface area contributed by atoms with Gasteiger partial charge in [0.2, 0.25) is 5.91 Å². The first kappa shape index (κ1) is 19.4. The molecule has 3 rings (SSSR count). The Hall–Kier alpha value is -2.37. The van der Waals surface area contributed by atoms with Crippen molar-refractivity contribution < 1.29 is 14.4 Å². The molecule has 2 N–H and O–H groups in total. The average Bonchev–Trinajstić information content (AvgIpc) is 2.83. The fourth-order valence-electron chi connectivity index (χ4n) is 4.25. The van der Waals surface area contributed by atoms with E-state index in [0.29, 0.717) is 12.8 Å². The summed E-state index contributed by atoms with van der Waals surface area (Å²) < 4.78 is 0. The molecule has 0 radical (unpaired) electrons. The van der Waals surface area contributed by atoms with Crippen LogP contribution in [-0.4, -0.2) is 34.8 Å². The first-order valence-electron chi connectivity index (χ1n) is 9.92. The average molecular weight is 371 g/mol. The highest BCUT2D eigenvalue weighted by Gasteiger charge is 2.50. The summed E-state index contributed by atoms with van der Waals surface area (Å²) in [5.74, 6) is -0.565. The van der Waals surface area contributed by atoms with Crippen LogP contribution in [0.3, 0.4) is 0 Å². The minimum absolute atomic E-state index is 0.185. The molecule has 1 spiro atoms. The van der Waals surface area contributed by atoms with Gasteiger partial charge in [-0.25, -0.2) is 4.79 Å². The van der Waals surface area contributed by atoms with Crippen molar-refractivity contribution in [2.75, 3.05) is 6.54 Å². The van der Waals surface area contributed by atoms with Crippen LogP contribution in [0, 0.1) is 6.92 Å². The predicted molar refractivity (Wildman–Crippen MR) is 103 cm³/mol. The molecule has 1 saturated heterocycles. The number of urea groups is 1. The van der Waals surface area contributed by atoms with E-state index >= 15 is 0 Å². The molecule has 146 valence electrons. The van der Waals surface area contributed by atoms with Gasteiger partial charge in [0.15, 0.2) is 0 Å². The van der Waals surface area contributed by atoms with Gasteiger partial charge >= 0.3 is 6.03 Å². The Balaban J connectivity index is 1.64. The number of carbonyl (C=O) groups excluding carboxylic acids is 3. The lowest BCUT2D eigenvalue weighted by molar-refractivity contribution is -0.135. The number of hydrogen-bond donors (Lipinski definition) is 2. The first-order chi connectivity index (χ1) is 12.9. The topological polar surface area (TPSA) is 78.5 Å². The smallest absolute Gasteiger partial charge is 0.325 e. The zero-order valence-electron chi connectivity index (χ0n) is 16.2. The van der Waals surface area contributed by atoms with Crippen molar-refractivity contribution >= 4 is 17.8 Å². The van der Waals surface area contributed by atoms with Crippen molar-refractivity contribution in [3.8, 4) is 0 Å². The van der Waals surface area contributed by atoms with Crippen molar-refractivity contribution in [3.05, 3.63) is 35.4 Å². The molecule has 1 unspecified atom stereocenters. The number of imide groups is 1. The zero-order valence-corrected chi connectivity index (χ0v) is 16.2. The fourth-order valence-corrected chi connectivity index (χ4v) is 4.25. The summed E-state index contributed by atoms with van der Waals surface area (Å²) in [5.41, 5.74) is 1.31. The molecule has 1 aromatic rings. The SMILES string of the molecule is Cc1ccccc1C(C)NC(=O)CN1C(=O)NC2(CCCCCCC2)C1=O. The molecule has 6 heteroatoms. The Morgan fingerprint density at radius 3 is 2.44 bits per heavy atom. The summed E-state index contributed by atoms with van der Waals surface area (Å²) in [7, 11) is 0. The lowest BCUT2D eigenvalue weighted by Gasteiger charge is -2.28. The Morgan fingerprint density at radius 2 is 1.78 bits per heavy atom. The number of carbonyl (C=O) groups is 3. The van der Waals surface area contributed by atoms with Gasteiger partial charge in [-0.2, -0.15) is 0 Å². The molecule has 2 fully saturated rings. The standard InChI is InChI=1S/C21H29N3O3/c1-15-10-6-7-11-17(15)16(2)22-18(25)14-24-19(26)21(23-20(24)27)12-8-4-3-5-9-13-21/h6-7,10-11,16H,3-5,8-9,12-14H2,1-2H3,(H,22,25)(H,23,27). The Labute approximate surface area is 160 Å². The molecule has 4 amide bonds. The third-order valence-electron chi connectivity index (χ3n) is 5.79. The van der Waals surface area contributed by atoms with Gasteiger partial charge in [0, 0.05) is 0 Å². The zero-order chi connectivity index (χ0) is 19.4. The van der Waals surface area contributed by atoms with Gasteiger partial charge in [0.05, 0.1) is 6.04 Å². The third-order valence-corrected chi connectivity index (χ3v) is 5.79. The fraction of sp³-hybridized carbons (Fsp3) is 0.571. The van der Waals surface area contributed by atoms with Crippen LogP contribution in [0.1, 0.15) is 69.0 Å². The van der Waals surface area contributed by atoms with Crippen molar-refractivity contribution in [3.63, 3.8) is 0 Å². The van der Waals surface area contributed by atoms with Gasteiger partial charge < -0.3 is 10.6 Å². The molecule has 1 heterocycles. The molecule has 0 aromatic heterocycles. The van der Waals surface area contributed by atoms with E-state index in [-0.39, 0.29) is 24.4 Å². The van der Waals surface area contributed by atoms with Crippen molar-refractivity contribution in [1.82, 2.24) is 15.5 Å². The van der Waals surface area contributed by atoms with Gasteiger partial charge in [-0.05, 0) is 37.8 Å². The minimum atomic E-state index is -0.806. The van der Waals surface area contributed by atoms with E-state index < -0.39 is 11.6 Å². The number of benzene rings is 1. The van der Waals surface area contributed by atoms with E-state index in [1.807, 2.05) is 38.1 Å². The highest BCUT2D eigenvalue weighted by molar-refractivity contribution is 6.09. The molecule has 6 nitrogen and oxygen atoms in total. The number of amides is 4. The van der Waals surface area contributed by atoms with Gasteiger partial charge in [0.1, 0.15) is 12.1 Å². The quantitative estimate of drug-likeness (QED) is 0.798. The van der Waals surface area contributed by atoms with Crippen LogP contribution in [0.2, 0.25) is 0 Å². The molecular weight excluding hydrogens is 342 g/mol.